The van der Waals surface area contributed by atoms with Crippen LogP contribution in [0.5, 0.6) is 34.5 Å². The molecule has 0 saturated heterocycles. The lowest BCUT2D eigenvalue weighted by Crippen LogP contribution is -2.32. The van der Waals surface area contributed by atoms with E-state index in [0.29, 0.717) is 22.4 Å². The molecule has 7 heteroatoms. The molecule has 7 nitrogen and oxygen atoms in total. The van der Waals surface area contributed by atoms with Crippen LogP contribution in [0, 0.1) is 6.92 Å². The summed E-state index contributed by atoms with van der Waals surface area (Å²) in [6.45, 7) is 1.84. The summed E-state index contributed by atoms with van der Waals surface area (Å²) >= 11 is 0. The molecule has 5 rings (SSSR count). The Labute approximate surface area is 190 Å². The standard InChI is InChI=1S/C26H26O7/c1-12-7-15(27)10-21(31)23(12)16-4-2-3-13-8-19(29)17-11-22(32)25(33-26(17)24(13)16)14-5-6-18(28)20(30)9-14/h5-10,16,22,25,27-32H,2-4,11H2,1H3/t16-,22?,25?/m1/s1. The molecule has 2 aliphatic rings. The van der Waals surface area contributed by atoms with E-state index < -0.39 is 12.2 Å². The van der Waals surface area contributed by atoms with E-state index >= 15 is 0 Å². The SMILES string of the molecule is Cc1cc(O)cc(O)c1[C@H]1CCCc2cc(O)c3c(c21)OC(c1ccc(O)c(O)c1)C(O)C3. The van der Waals surface area contributed by atoms with Gasteiger partial charge < -0.3 is 35.4 Å². The number of aromatic hydroxyl groups is 5. The van der Waals surface area contributed by atoms with Gasteiger partial charge in [-0.05, 0) is 67.1 Å². The van der Waals surface area contributed by atoms with Crippen molar-refractivity contribution in [3.63, 3.8) is 0 Å². The van der Waals surface area contributed by atoms with Gasteiger partial charge in [-0.3, -0.25) is 0 Å². The van der Waals surface area contributed by atoms with Crippen molar-refractivity contribution in [1.29, 1.82) is 0 Å². The van der Waals surface area contributed by atoms with Crippen molar-refractivity contribution in [2.45, 2.75) is 50.7 Å². The Morgan fingerprint density at radius 3 is 2.36 bits per heavy atom. The Bertz CT molecular complexity index is 1230. The molecule has 0 aromatic heterocycles. The fourth-order valence-electron chi connectivity index (χ4n) is 5.35. The van der Waals surface area contributed by atoms with Crippen LogP contribution in [0.15, 0.2) is 36.4 Å². The number of hydrogen-bond acceptors (Lipinski definition) is 7. The molecule has 3 atom stereocenters. The topological polar surface area (TPSA) is 131 Å². The van der Waals surface area contributed by atoms with Crippen LogP contribution in [0.2, 0.25) is 0 Å². The van der Waals surface area contributed by atoms with Crippen molar-refractivity contribution >= 4 is 0 Å². The van der Waals surface area contributed by atoms with E-state index in [9.17, 15) is 30.6 Å². The van der Waals surface area contributed by atoms with E-state index in [1.807, 2.05) is 6.92 Å². The maximum atomic E-state index is 10.8. The van der Waals surface area contributed by atoms with Gasteiger partial charge in [0.15, 0.2) is 11.5 Å². The van der Waals surface area contributed by atoms with Crippen LogP contribution in [0.4, 0.5) is 0 Å². The molecule has 0 amide bonds. The summed E-state index contributed by atoms with van der Waals surface area (Å²) in [6, 6.07) is 8.94. The molecule has 33 heavy (non-hydrogen) atoms. The van der Waals surface area contributed by atoms with E-state index in [4.69, 9.17) is 4.74 Å². The summed E-state index contributed by atoms with van der Waals surface area (Å²) in [4.78, 5) is 0. The fraction of sp³-hybridized carbons (Fsp3) is 0.308. The zero-order chi connectivity index (χ0) is 23.4. The van der Waals surface area contributed by atoms with E-state index in [2.05, 4.69) is 0 Å². The lowest BCUT2D eigenvalue weighted by molar-refractivity contribution is 0.0188. The van der Waals surface area contributed by atoms with Crippen molar-refractivity contribution in [2.75, 3.05) is 0 Å². The van der Waals surface area contributed by atoms with Gasteiger partial charge in [0.25, 0.3) is 0 Å². The number of phenolic OH excluding ortho intramolecular Hbond substituents is 5. The number of aliphatic hydroxyl groups is 1. The Morgan fingerprint density at radius 2 is 1.64 bits per heavy atom. The largest absolute Gasteiger partial charge is 0.508 e. The molecule has 1 heterocycles. The highest BCUT2D eigenvalue weighted by Crippen LogP contribution is 2.52. The molecule has 3 aromatic carbocycles. The van der Waals surface area contributed by atoms with Gasteiger partial charge in [-0.25, -0.2) is 0 Å². The molecular formula is C26H26O7. The molecule has 0 radical (unpaired) electrons. The first-order valence-electron chi connectivity index (χ1n) is 11.0. The first-order valence-corrected chi connectivity index (χ1v) is 11.0. The smallest absolute Gasteiger partial charge is 0.157 e. The van der Waals surface area contributed by atoms with Crippen molar-refractivity contribution in [3.8, 4) is 34.5 Å². The predicted octanol–water partition coefficient (Wildman–Crippen LogP) is 4.03. The number of phenols is 5. The lowest BCUT2D eigenvalue weighted by Gasteiger charge is -2.37. The monoisotopic (exact) mass is 450 g/mol. The highest BCUT2D eigenvalue weighted by atomic mass is 16.5. The minimum atomic E-state index is -0.976. The minimum Gasteiger partial charge on any atom is -0.508 e. The highest BCUT2D eigenvalue weighted by Gasteiger charge is 2.38. The van der Waals surface area contributed by atoms with Crippen molar-refractivity contribution in [3.05, 3.63) is 69.8 Å². The van der Waals surface area contributed by atoms with E-state index in [0.717, 1.165) is 36.0 Å². The molecule has 0 saturated carbocycles. The Morgan fingerprint density at radius 1 is 0.848 bits per heavy atom. The van der Waals surface area contributed by atoms with Gasteiger partial charge in [-0.15, -0.1) is 0 Å². The van der Waals surface area contributed by atoms with Crippen molar-refractivity contribution in [1.82, 2.24) is 0 Å². The van der Waals surface area contributed by atoms with Crippen LogP contribution in [-0.2, 0) is 12.8 Å². The second kappa shape index (κ2) is 7.78. The van der Waals surface area contributed by atoms with Crippen LogP contribution in [-0.4, -0.2) is 36.7 Å². The minimum absolute atomic E-state index is 0.00280. The zero-order valence-electron chi connectivity index (χ0n) is 18.1. The third-order valence-electron chi connectivity index (χ3n) is 6.81. The second-order valence-corrected chi connectivity index (χ2v) is 8.97. The third-order valence-corrected chi connectivity index (χ3v) is 6.81. The maximum Gasteiger partial charge on any atom is 0.157 e. The molecule has 172 valence electrons. The Kier molecular flexibility index (Phi) is 5.01. The quantitative estimate of drug-likeness (QED) is 0.325. The zero-order valence-corrected chi connectivity index (χ0v) is 18.1. The van der Waals surface area contributed by atoms with Gasteiger partial charge >= 0.3 is 0 Å². The van der Waals surface area contributed by atoms with Crippen LogP contribution < -0.4 is 4.74 Å². The highest BCUT2D eigenvalue weighted by molar-refractivity contribution is 5.62. The van der Waals surface area contributed by atoms with Gasteiger partial charge in [-0.2, -0.15) is 0 Å². The van der Waals surface area contributed by atoms with Gasteiger partial charge in [0.05, 0.1) is 6.10 Å². The Hall–Kier alpha value is -3.58. The summed E-state index contributed by atoms with van der Waals surface area (Å²) in [5.41, 5.74) is 4.23. The first-order chi connectivity index (χ1) is 15.7. The molecule has 6 N–H and O–H groups in total. The summed E-state index contributed by atoms with van der Waals surface area (Å²) < 4.78 is 6.33. The number of hydrogen-bond donors (Lipinski definition) is 6. The fourth-order valence-corrected chi connectivity index (χ4v) is 5.35. The number of benzene rings is 3. The van der Waals surface area contributed by atoms with Gasteiger partial charge in [-0.1, -0.05) is 6.07 Å². The number of ether oxygens (including phenoxy) is 1. The van der Waals surface area contributed by atoms with Crippen LogP contribution >= 0.6 is 0 Å². The van der Waals surface area contributed by atoms with Gasteiger partial charge in [0.1, 0.15) is 29.1 Å². The predicted molar refractivity (Wildman–Crippen MR) is 120 cm³/mol. The number of aryl methyl sites for hydroxylation is 2. The molecular weight excluding hydrogens is 424 g/mol. The summed E-state index contributed by atoms with van der Waals surface area (Å²) in [7, 11) is 0. The molecule has 0 bridgehead atoms. The van der Waals surface area contributed by atoms with E-state index in [1.165, 1.54) is 18.2 Å². The molecule has 3 aromatic rings. The van der Waals surface area contributed by atoms with Crippen LogP contribution in [0.25, 0.3) is 0 Å². The lowest BCUT2D eigenvalue weighted by atomic mass is 9.75. The molecule has 1 aliphatic heterocycles. The van der Waals surface area contributed by atoms with Crippen molar-refractivity contribution < 1.29 is 35.4 Å². The van der Waals surface area contributed by atoms with Gasteiger partial charge in [0, 0.05) is 35.1 Å². The average Bonchev–Trinajstić information content (AvgIpc) is 2.75. The number of fused-ring (bicyclic) bond motifs is 3. The Balaban J connectivity index is 1.67. The van der Waals surface area contributed by atoms with Crippen molar-refractivity contribution in [2.24, 2.45) is 0 Å². The summed E-state index contributed by atoms with van der Waals surface area (Å²) in [5.74, 6) is -0.265. The summed E-state index contributed by atoms with van der Waals surface area (Å²) in [5, 5.41) is 61.7. The third kappa shape index (κ3) is 3.49. The summed E-state index contributed by atoms with van der Waals surface area (Å²) in [6.07, 6.45) is 0.700. The average molecular weight is 450 g/mol. The van der Waals surface area contributed by atoms with Crippen LogP contribution in [0.3, 0.4) is 0 Å². The first kappa shape index (κ1) is 21.3. The molecule has 0 fully saturated rings. The second-order valence-electron chi connectivity index (χ2n) is 8.97. The molecule has 1 aliphatic carbocycles. The van der Waals surface area contributed by atoms with Gasteiger partial charge in [0.2, 0.25) is 0 Å². The van der Waals surface area contributed by atoms with E-state index in [-0.39, 0.29) is 41.1 Å². The number of aliphatic hydroxyl groups excluding tert-OH is 1. The molecule has 2 unspecified atom stereocenters. The normalized spacial score (nSPS) is 21.7. The maximum absolute atomic E-state index is 10.8. The number of rotatable bonds is 2. The van der Waals surface area contributed by atoms with Crippen LogP contribution in [0.1, 0.15) is 58.2 Å². The molecule has 0 spiro atoms. The van der Waals surface area contributed by atoms with E-state index in [1.54, 1.807) is 18.2 Å².